The van der Waals surface area contributed by atoms with Crippen molar-refractivity contribution in [2.45, 2.75) is 76.4 Å². The molecule has 2 atom stereocenters. The minimum atomic E-state index is -0.390. The zero-order chi connectivity index (χ0) is 11.4. The lowest BCUT2D eigenvalue weighted by Gasteiger charge is -2.35. The van der Waals surface area contributed by atoms with Gasteiger partial charge < -0.3 is 10.4 Å². The highest BCUT2D eigenvalue weighted by atomic mass is 16.3. The summed E-state index contributed by atoms with van der Waals surface area (Å²) in [6, 6.07) is 0.662. The molecule has 2 saturated carbocycles. The van der Waals surface area contributed by atoms with Crippen molar-refractivity contribution >= 4 is 0 Å². The highest BCUT2D eigenvalue weighted by Gasteiger charge is 2.30. The van der Waals surface area contributed by atoms with Crippen molar-refractivity contribution in [1.29, 1.82) is 0 Å². The largest absolute Gasteiger partial charge is 0.389 e. The van der Waals surface area contributed by atoms with Crippen LogP contribution in [0.2, 0.25) is 0 Å². The van der Waals surface area contributed by atoms with Crippen molar-refractivity contribution in [1.82, 2.24) is 5.32 Å². The summed E-state index contributed by atoms with van der Waals surface area (Å²) in [4.78, 5) is 0. The normalized spacial score (nSPS) is 34.9. The van der Waals surface area contributed by atoms with Gasteiger partial charge in [-0.25, -0.2) is 0 Å². The van der Waals surface area contributed by atoms with E-state index in [1.807, 2.05) is 0 Å². The molecule has 0 aromatic carbocycles. The molecule has 94 valence electrons. The minimum Gasteiger partial charge on any atom is -0.389 e. The molecule has 0 spiro atoms. The fraction of sp³-hybridized carbons (Fsp3) is 1.00. The number of hydrogen-bond donors (Lipinski definition) is 2. The van der Waals surface area contributed by atoms with Crippen LogP contribution in [0.25, 0.3) is 0 Å². The van der Waals surface area contributed by atoms with Gasteiger partial charge in [-0.2, -0.15) is 0 Å². The van der Waals surface area contributed by atoms with E-state index in [1.165, 1.54) is 44.9 Å². The average molecular weight is 225 g/mol. The Labute approximate surface area is 99.8 Å². The van der Waals surface area contributed by atoms with Gasteiger partial charge in [0.25, 0.3) is 0 Å². The van der Waals surface area contributed by atoms with Crippen LogP contribution in [0.15, 0.2) is 0 Å². The molecular weight excluding hydrogens is 198 g/mol. The topological polar surface area (TPSA) is 32.3 Å². The van der Waals surface area contributed by atoms with Crippen LogP contribution >= 0.6 is 0 Å². The molecular formula is C14H27NO. The van der Waals surface area contributed by atoms with Crippen molar-refractivity contribution in [2.24, 2.45) is 5.92 Å². The van der Waals surface area contributed by atoms with Gasteiger partial charge in [0.1, 0.15) is 0 Å². The maximum Gasteiger partial charge on any atom is 0.0771 e. The summed E-state index contributed by atoms with van der Waals surface area (Å²) in [5.74, 6) is 0.868. The molecule has 0 bridgehead atoms. The zero-order valence-corrected chi connectivity index (χ0v) is 10.7. The maximum atomic E-state index is 10.4. The molecule has 0 aromatic heterocycles. The molecule has 0 aliphatic heterocycles. The summed E-state index contributed by atoms with van der Waals surface area (Å²) in [7, 11) is 0. The van der Waals surface area contributed by atoms with E-state index in [4.69, 9.17) is 0 Å². The van der Waals surface area contributed by atoms with Gasteiger partial charge >= 0.3 is 0 Å². The molecule has 0 radical (unpaired) electrons. The van der Waals surface area contributed by atoms with E-state index in [2.05, 4.69) is 12.2 Å². The van der Waals surface area contributed by atoms with Crippen molar-refractivity contribution in [3.63, 3.8) is 0 Å². The Hall–Kier alpha value is -0.0800. The Morgan fingerprint density at radius 2 is 1.88 bits per heavy atom. The van der Waals surface area contributed by atoms with Crippen LogP contribution in [0, 0.1) is 5.92 Å². The van der Waals surface area contributed by atoms with E-state index >= 15 is 0 Å². The van der Waals surface area contributed by atoms with Crippen LogP contribution in [0.5, 0.6) is 0 Å². The Morgan fingerprint density at radius 1 is 1.12 bits per heavy atom. The lowest BCUT2D eigenvalue weighted by molar-refractivity contribution is 0.00112. The first kappa shape index (κ1) is 12.4. The van der Waals surface area contributed by atoms with Crippen LogP contribution in [0.4, 0.5) is 0 Å². The minimum absolute atomic E-state index is 0.390. The van der Waals surface area contributed by atoms with Gasteiger partial charge in [0.2, 0.25) is 0 Å². The number of hydrogen-bond acceptors (Lipinski definition) is 2. The molecule has 2 nitrogen and oxygen atoms in total. The van der Waals surface area contributed by atoms with E-state index < -0.39 is 0 Å². The smallest absolute Gasteiger partial charge is 0.0771 e. The van der Waals surface area contributed by atoms with Crippen molar-refractivity contribution in [2.75, 3.05) is 6.54 Å². The van der Waals surface area contributed by atoms with Gasteiger partial charge in [-0.15, -0.1) is 0 Å². The molecule has 2 aliphatic carbocycles. The molecule has 0 heterocycles. The number of aliphatic hydroxyl groups is 1. The van der Waals surface area contributed by atoms with Gasteiger partial charge in [0.15, 0.2) is 0 Å². The predicted octanol–water partition coefficient (Wildman–Crippen LogP) is 2.85. The lowest BCUT2D eigenvalue weighted by atomic mass is 9.83. The first-order chi connectivity index (χ1) is 7.68. The summed E-state index contributed by atoms with van der Waals surface area (Å²) in [6.45, 7) is 3.17. The third-order valence-electron chi connectivity index (χ3n) is 4.44. The highest BCUT2D eigenvalue weighted by molar-refractivity contribution is 4.87. The summed E-state index contributed by atoms with van der Waals surface area (Å²) >= 11 is 0. The van der Waals surface area contributed by atoms with Crippen molar-refractivity contribution in [3.05, 3.63) is 0 Å². The van der Waals surface area contributed by atoms with Crippen molar-refractivity contribution in [3.8, 4) is 0 Å². The summed E-state index contributed by atoms with van der Waals surface area (Å²) in [5.41, 5.74) is -0.390. The standard InChI is InChI=1S/C14H27NO/c1-12-6-5-7-13(10-12)15-11-14(16)8-3-2-4-9-14/h12-13,15-16H,2-11H2,1H3. The molecule has 2 aliphatic rings. The molecule has 2 N–H and O–H groups in total. The molecule has 0 aromatic rings. The van der Waals surface area contributed by atoms with E-state index in [9.17, 15) is 5.11 Å². The number of nitrogens with one attached hydrogen (secondary N) is 1. The van der Waals surface area contributed by atoms with Crippen LogP contribution in [-0.4, -0.2) is 23.3 Å². The molecule has 16 heavy (non-hydrogen) atoms. The Balaban J connectivity index is 1.73. The Kier molecular flexibility index (Phi) is 4.26. The first-order valence-electron chi connectivity index (χ1n) is 7.14. The summed E-state index contributed by atoms with van der Waals surface area (Å²) in [5, 5.41) is 14.0. The second kappa shape index (κ2) is 5.50. The SMILES string of the molecule is CC1CCCC(NCC2(O)CCCCC2)C1. The van der Waals surface area contributed by atoms with Crippen LogP contribution in [0.1, 0.15) is 64.7 Å². The molecule has 2 heteroatoms. The fourth-order valence-corrected chi connectivity index (χ4v) is 3.34. The molecule has 0 amide bonds. The monoisotopic (exact) mass is 225 g/mol. The van der Waals surface area contributed by atoms with E-state index in [-0.39, 0.29) is 5.60 Å². The van der Waals surface area contributed by atoms with Crippen molar-refractivity contribution < 1.29 is 5.11 Å². The quantitative estimate of drug-likeness (QED) is 0.774. The summed E-state index contributed by atoms with van der Waals surface area (Å²) < 4.78 is 0. The zero-order valence-electron chi connectivity index (χ0n) is 10.7. The molecule has 0 saturated heterocycles. The molecule has 2 rings (SSSR count). The average Bonchev–Trinajstić information content (AvgIpc) is 2.28. The molecule has 2 fully saturated rings. The third-order valence-corrected chi connectivity index (χ3v) is 4.44. The molecule has 2 unspecified atom stereocenters. The van der Waals surface area contributed by atoms with E-state index in [0.717, 1.165) is 25.3 Å². The van der Waals surface area contributed by atoms with Crippen LogP contribution < -0.4 is 5.32 Å². The maximum absolute atomic E-state index is 10.4. The van der Waals surface area contributed by atoms with E-state index in [1.54, 1.807) is 0 Å². The predicted molar refractivity (Wildman–Crippen MR) is 67.5 cm³/mol. The fourth-order valence-electron chi connectivity index (χ4n) is 3.34. The Morgan fingerprint density at radius 3 is 2.56 bits per heavy atom. The van der Waals surface area contributed by atoms with Gasteiger partial charge in [0.05, 0.1) is 5.60 Å². The van der Waals surface area contributed by atoms with Gasteiger partial charge in [-0.05, 0) is 31.6 Å². The lowest BCUT2D eigenvalue weighted by Crippen LogP contribution is -2.46. The van der Waals surface area contributed by atoms with Gasteiger partial charge in [0, 0.05) is 12.6 Å². The third kappa shape index (κ3) is 3.46. The number of rotatable bonds is 3. The van der Waals surface area contributed by atoms with Gasteiger partial charge in [-0.1, -0.05) is 39.0 Å². The first-order valence-corrected chi connectivity index (χ1v) is 7.14. The second-order valence-electron chi connectivity index (χ2n) is 6.13. The van der Waals surface area contributed by atoms with Crippen LogP contribution in [-0.2, 0) is 0 Å². The Bertz CT molecular complexity index is 211. The van der Waals surface area contributed by atoms with Crippen LogP contribution in [0.3, 0.4) is 0 Å². The highest BCUT2D eigenvalue weighted by Crippen LogP contribution is 2.29. The van der Waals surface area contributed by atoms with Gasteiger partial charge in [-0.3, -0.25) is 0 Å². The second-order valence-corrected chi connectivity index (χ2v) is 6.13. The van der Waals surface area contributed by atoms with E-state index in [0.29, 0.717) is 6.04 Å². The summed E-state index contributed by atoms with van der Waals surface area (Å²) in [6.07, 6.45) is 11.1.